The van der Waals surface area contributed by atoms with Crippen LogP contribution in [0.2, 0.25) is 0 Å². The molecule has 0 spiro atoms. The highest BCUT2D eigenvalue weighted by Gasteiger charge is 2.28. The molecule has 4 amide bonds. The van der Waals surface area contributed by atoms with Crippen LogP contribution in [-0.2, 0) is 16.1 Å². The van der Waals surface area contributed by atoms with Crippen LogP contribution >= 0.6 is 0 Å². The van der Waals surface area contributed by atoms with Gasteiger partial charge in [0, 0.05) is 45.7 Å². The molecule has 0 unspecified atom stereocenters. The van der Waals surface area contributed by atoms with Gasteiger partial charge in [0.1, 0.15) is 5.75 Å². The average molecular weight is 374 g/mol. The highest BCUT2D eigenvalue weighted by atomic mass is 16.5. The van der Waals surface area contributed by atoms with Crippen LogP contribution in [0.15, 0.2) is 24.3 Å². The van der Waals surface area contributed by atoms with E-state index in [9.17, 15) is 14.4 Å². The van der Waals surface area contributed by atoms with Crippen molar-refractivity contribution in [3.05, 3.63) is 29.8 Å². The number of rotatable bonds is 7. The number of carbonyl (C=O) groups excluding carboxylic acids is 3. The molecular formula is C19H26N4O4. The van der Waals surface area contributed by atoms with E-state index < -0.39 is 0 Å². The zero-order chi connectivity index (χ0) is 19.2. The molecule has 2 heterocycles. The van der Waals surface area contributed by atoms with Crippen LogP contribution in [0.4, 0.5) is 4.79 Å². The van der Waals surface area contributed by atoms with Gasteiger partial charge in [0.2, 0.25) is 11.8 Å². The van der Waals surface area contributed by atoms with Gasteiger partial charge in [-0.15, -0.1) is 0 Å². The van der Waals surface area contributed by atoms with Crippen LogP contribution in [0.25, 0.3) is 0 Å². The van der Waals surface area contributed by atoms with Gasteiger partial charge in [0.05, 0.1) is 13.7 Å². The first-order valence-corrected chi connectivity index (χ1v) is 9.28. The molecule has 2 aliphatic heterocycles. The molecule has 0 atom stereocenters. The number of amides is 4. The minimum atomic E-state index is -0.361. The van der Waals surface area contributed by atoms with Gasteiger partial charge in [-0.3, -0.25) is 19.4 Å². The number of hydrogen-bond donors (Lipinski definition) is 1. The SMILES string of the molecule is COc1ccc(CN2CCN(C(=O)CCCN3C(=O)CNC3=O)CC2)cc1. The van der Waals surface area contributed by atoms with E-state index in [1.807, 2.05) is 17.0 Å². The van der Waals surface area contributed by atoms with Crippen molar-refractivity contribution in [2.75, 3.05) is 46.4 Å². The van der Waals surface area contributed by atoms with Crippen molar-refractivity contribution >= 4 is 17.8 Å². The second-order valence-electron chi connectivity index (χ2n) is 6.81. The summed E-state index contributed by atoms with van der Waals surface area (Å²) in [5, 5.41) is 2.48. The van der Waals surface area contributed by atoms with Gasteiger partial charge in [-0.25, -0.2) is 4.79 Å². The molecule has 0 radical (unpaired) electrons. The largest absolute Gasteiger partial charge is 0.497 e. The molecule has 3 rings (SSSR count). The third-order valence-electron chi connectivity index (χ3n) is 5.00. The van der Waals surface area contributed by atoms with Gasteiger partial charge in [0.25, 0.3) is 0 Å². The molecule has 2 aliphatic rings. The Bertz CT molecular complexity index is 667. The number of carbonyl (C=O) groups is 3. The van der Waals surface area contributed by atoms with Crippen molar-refractivity contribution in [1.82, 2.24) is 20.0 Å². The fourth-order valence-electron chi connectivity index (χ4n) is 3.37. The number of piperazine rings is 1. The molecule has 2 fully saturated rings. The maximum absolute atomic E-state index is 12.4. The number of benzene rings is 1. The molecule has 1 aromatic rings. The number of methoxy groups -OCH3 is 1. The Morgan fingerprint density at radius 2 is 1.81 bits per heavy atom. The van der Waals surface area contributed by atoms with Crippen molar-refractivity contribution in [3.63, 3.8) is 0 Å². The van der Waals surface area contributed by atoms with E-state index in [0.717, 1.165) is 25.4 Å². The normalized spacial score (nSPS) is 18.0. The lowest BCUT2D eigenvalue weighted by molar-refractivity contribution is -0.133. The van der Waals surface area contributed by atoms with Crippen molar-refractivity contribution < 1.29 is 19.1 Å². The molecule has 146 valence electrons. The Kier molecular flexibility index (Phi) is 6.28. The minimum absolute atomic E-state index is 0.0585. The van der Waals surface area contributed by atoms with Crippen LogP contribution in [0.5, 0.6) is 5.75 Å². The number of hydrogen-bond acceptors (Lipinski definition) is 5. The number of nitrogens with one attached hydrogen (secondary N) is 1. The number of imide groups is 1. The van der Waals surface area contributed by atoms with E-state index in [-0.39, 0.29) is 24.4 Å². The Hall–Kier alpha value is -2.61. The zero-order valence-corrected chi connectivity index (χ0v) is 15.6. The van der Waals surface area contributed by atoms with E-state index in [0.29, 0.717) is 32.5 Å². The fraction of sp³-hybridized carbons (Fsp3) is 0.526. The summed E-state index contributed by atoms with van der Waals surface area (Å²) >= 11 is 0. The summed E-state index contributed by atoms with van der Waals surface area (Å²) < 4.78 is 5.17. The smallest absolute Gasteiger partial charge is 0.324 e. The second-order valence-corrected chi connectivity index (χ2v) is 6.81. The van der Waals surface area contributed by atoms with Crippen molar-refractivity contribution in [2.24, 2.45) is 0 Å². The topological polar surface area (TPSA) is 82.2 Å². The molecule has 8 heteroatoms. The van der Waals surface area contributed by atoms with Gasteiger partial charge in [-0.2, -0.15) is 0 Å². The molecule has 27 heavy (non-hydrogen) atoms. The summed E-state index contributed by atoms with van der Waals surface area (Å²) in [5.74, 6) is 0.716. The van der Waals surface area contributed by atoms with Crippen LogP contribution in [-0.4, -0.2) is 78.9 Å². The fourth-order valence-corrected chi connectivity index (χ4v) is 3.37. The summed E-state index contributed by atoms with van der Waals surface area (Å²) in [6, 6.07) is 7.68. The van der Waals surface area contributed by atoms with Gasteiger partial charge in [-0.05, 0) is 24.1 Å². The van der Waals surface area contributed by atoms with E-state index in [1.54, 1.807) is 7.11 Å². The first kappa shape index (κ1) is 19.2. The molecule has 0 saturated carbocycles. The average Bonchev–Trinajstić information content (AvgIpc) is 3.01. The van der Waals surface area contributed by atoms with Gasteiger partial charge in [0.15, 0.2) is 0 Å². The standard InChI is InChI=1S/C19H26N4O4/c1-27-16-6-4-15(5-7-16)14-21-9-11-22(12-10-21)17(24)3-2-8-23-18(25)13-20-19(23)26/h4-7H,2-3,8-14H2,1H3,(H,20,26). The minimum Gasteiger partial charge on any atom is -0.497 e. The summed E-state index contributed by atoms with van der Waals surface area (Å²) in [4.78, 5) is 40.7. The van der Waals surface area contributed by atoms with Gasteiger partial charge < -0.3 is 15.0 Å². The lowest BCUT2D eigenvalue weighted by atomic mass is 10.2. The predicted molar refractivity (Wildman–Crippen MR) is 99.2 cm³/mol. The van der Waals surface area contributed by atoms with Gasteiger partial charge in [-0.1, -0.05) is 12.1 Å². The highest BCUT2D eigenvalue weighted by Crippen LogP contribution is 2.14. The Morgan fingerprint density at radius 3 is 2.41 bits per heavy atom. The molecule has 1 N–H and O–H groups in total. The summed E-state index contributed by atoms with van der Waals surface area (Å²) in [6.45, 7) is 4.31. The molecule has 0 aromatic heterocycles. The maximum atomic E-state index is 12.4. The molecular weight excluding hydrogens is 348 g/mol. The van der Waals surface area contributed by atoms with Crippen LogP contribution in [0.1, 0.15) is 18.4 Å². The van der Waals surface area contributed by atoms with Crippen LogP contribution in [0.3, 0.4) is 0 Å². The second kappa shape index (κ2) is 8.85. The Balaban J connectivity index is 1.37. The summed E-state index contributed by atoms with van der Waals surface area (Å²) in [7, 11) is 1.66. The van der Waals surface area contributed by atoms with Crippen molar-refractivity contribution in [3.8, 4) is 5.75 Å². The monoisotopic (exact) mass is 374 g/mol. The molecule has 0 bridgehead atoms. The lowest BCUT2D eigenvalue weighted by Crippen LogP contribution is -2.48. The van der Waals surface area contributed by atoms with E-state index >= 15 is 0 Å². The molecule has 1 aromatic carbocycles. The Morgan fingerprint density at radius 1 is 1.11 bits per heavy atom. The molecule has 8 nitrogen and oxygen atoms in total. The van der Waals surface area contributed by atoms with Crippen LogP contribution < -0.4 is 10.1 Å². The summed E-state index contributed by atoms with van der Waals surface area (Å²) in [6.07, 6.45) is 0.861. The zero-order valence-electron chi connectivity index (χ0n) is 15.6. The Labute approximate surface area is 159 Å². The van der Waals surface area contributed by atoms with Crippen molar-refractivity contribution in [2.45, 2.75) is 19.4 Å². The molecule has 0 aliphatic carbocycles. The summed E-state index contributed by atoms with van der Waals surface area (Å²) in [5.41, 5.74) is 1.23. The number of urea groups is 1. The third-order valence-corrected chi connectivity index (χ3v) is 5.00. The van der Waals surface area contributed by atoms with Crippen molar-refractivity contribution in [1.29, 1.82) is 0 Å². The maximum Gasteiger partial charge on any atom is 0.324 e. The first-order chi connectivity index (χ1) is 13.1. The highest BCUT2D eigenvalue weighted by molar-refractivity contribution is 6.01. The molecule has 2 saturated heterocycles. The number of ether oxygens (including phenoxy) is 1. The van der Waals surface area contributed by atoms with E-state index in [4.69, 9.17) is 4.74 Å². The van der Waals surface area contributed by atoms with E-state index in [2.05, 4.69) is 22.3 Å². The first-order valence-electron chi connectivity index (χ1n) is 9.28. The van der Waals surface area contributed by atoms with E-state index in [1.165, 1.54) is 10.5 Å². The third kappa shape index (κ3) is 4.97. The quantitative estimate of drug-likeness (QED) is 0.710. The van der Waals surface area contributed by atoms with Gasteiger partial charge >= 0.3 is 6.03 Å². The predicted octanol–water partition coefficient (Wildman–Crippen LogP) is 0.671. The van der Waals surface area contributed by atoms with Crippen LogP contribution in [0, 0.1) is 0 Å². The lowest BCUT2D eigenvalue weighted by Gasteiger charge is -2.35. The number of nitrogens with zero attached hydrogens (tertiary/aromatic N) is 3.